The maximum absolute atomic E-state index is 12.6. The zero-order chi connectivity index (χ0) is 17.3. The topological polar surface area (TPSA) is 50.2 Å². The summed E-state index contributed by atoms with van der Waals surface area (Å²) in [4.78, 5) is 15.7. The van der Waals surface area contributed by atoms with Crippen molar-refractivity contribution in [2.24, 2.45) is 7.05 Å². The summed E-state index contributed by atoms with van der Waals surface area (Å²) in [6.45, 7) is 7.46. The van der Waals surface area contributed by atoms with E-state index in [1.807, 2.05) is 37.4 Å². The highest BCUT2D eigenvalue weighted by Gasteiger charge is 2.22. The summed E-state index contributed by atoms with van der Waals surface area (Å²) < 4.78 is 1.87. The lowest BCUT2D eigenvalue weighted by atomic mass is 10.1. The standard InChI is InChI=1S/C18H24N4OS/c1-12(17-13(2)20-21(4)14(17)3)19-18(23)22-9-7-15(8-10-22)16-6-5-11-24-16/h5-7,11-12H,8-10H2,1-4H3,(H,19,23)/t12-/m1/s1. The van der Waals surface area contributed by atoms with E-state index in [-0.39, 0.29) is 12.1 Å². The number of aromatic nitrogens is 2. The van der Waals surface area contributed by atoms with Gasteiger partial charge in [0.15, 0.2) is 0 Å². The predicted molar refractivity (Wildman–Crippen MR) is 98.1 cm³/mol. The molecule has 5 nitrogen and oxygen atoms in total. The van der Waals surface area contributed by atoms with Crippen LogP contribution in [0.4, 0.5) is 4.79 Å². The molecule has 3 rings (SSSR count). The number of aryl methyl sites for hydroxylation is 2. The Balaban J connectivity index is 1.64. The maximum Gasteiger partial charge on any atom is 0.318 e. The Morgan fingerprint density at radius 2 is 2.21 bits per heavy atom. The summed E-state index contributed by atoms with van der Waals surface area (Å²) in [5.74, 6) is 0. The van der Waals surface area contributed by atoms with Crippen molar-refractivity contribution in [3.05, 3.63) is 45.4 Å². The van der Waals surface area contributed by atoms with E-state index in [4.69, 9.17) is 0 Å². The van der Waals surface area contributed by atoms with Crippen LogP contribution in [-0.2, 0) is 7.05 Å². The van der Waals surface area contributed by atoms with Crippen LogP contribution in [0, 0.1) is 13.8 Å². The SMILES string of the molecule is Cc1nn(C)c(C)c1[C@@H](C)NC(=O)N1CC=C(c2cccs2)CC1. The molecule has 3 heterocycles. The zero-order valence-electron chi connectivity index (χ0n) is 14.7. The molecule has 1 aliphatic heterocycles. The second-order valence-corrected chi connectivity index (χ2v) is 7.23. The first-order chi connectivity index (χ1) is 11.5. The molecule has 24 heavy (non-hydrogen) atoms. The molecule has 1 aliphatic rings. The van der Waals surface area contributed by atoms with E-state index in [2.05, 4.69) is 34.0 Å². The summed E-state index contributed by atoms with van der Waals surface area (Å²) in [5, 5.41) is 9.64. The van der Waals surface area contributed by atoms with Crippen molar-refractivity contribution >= 4 is 22.9 Å². The third kappa shape index (κ3) is 3.24. The van der Waals surface area contributed by atoms with Crippen molar-refractivity contribution < 1.29 is 4.79 Å². The molecule has 0 aliphatic carbocycles. The van der Waals surface area contributed by atoms with Gasteiger partial charge < -0.3 is 10.2 Å². The molecule has 0 aromatic carbocycles. The first kappa shape index (κ1) is 16.8. The Bertz CT molecular complexity index is 760. The molecule has 128 valence electrons. The monoisotopic (exact) mass is 344 g/mol. The normalized spacial score (nSPS) is 16.0. The second-order valence-electron chi connectivity index (χ2n) is 6.28. The number of rotatable bonds is 3. The number of hydrogen-bond donors (Lipinski definition) is 1. The van der Waals surface area contributed by atoms with Crippen molar-refractivity contribution in [2.75, 3.05) is 13.1 Å². The smallest absolute Gasteiger partial charge is 0.318 e. The van der Waals surface area contributed by atoms with Crippen molar-refractivity contribution in [3.8, 4) is 0 Å². The molecule has 2 amide bonds. The van der Waals surface area contributed by atoms with E-state index in [9.17, 15) is 4.79 Å². The van der Waals surface area contributed by atoms with Gasteiger partial charge in [0.25, 0.3) is 0 Å². The number of urea groups is 1. The highest BCUT2D eigenvalue weighted by Crippen LogP contribution is 2.26. The van der Waals surface area contributed by atoms with Gasteiger partial charge >= 0.3 is 6.03 Å². The zero-order valence-corrected chi connectivity index (χ0v) is 15.5. The van der Waals surface area contributed by atoms with E-state index >= 15 is 0 Å². The van der Waals surface area contributed by atoms with Crippen molar-refractivity contribution in [1.82, 2.24) is 20.0 Å². The lowest BCUT2D eigenvalue weighted by molar-refractivity contribution is 0.199. The van der Waals surface area contributed by atoms with Gasteiger partial charge in [-0.1, -0.05) is 12.1 Å². The van der Waals surface area contributed by atoms with Crippen LogP contribution in [0.1, 0.15) is 41.2 Å². The number of thiophene rings is 1. The number of nitrogens with one attached hydrogen (secondary N) is 1. The molecule has 2 aromatic rings. The summed E-state index contributed by atoms with van der Waals surface area (Å²) in [5.41, 5.74) is 4.53. The van der Waals surface area contributed by atoms with E-state index in [0.717, 1.165) is 29.9 Å². The van der Waals surface area contributed by atoms with Crippen LogP contribution in [0.2, 0.25) is 0 Å². The molecule has 6 heteroatoms. The molecule has 0 radical (unpaired) electrons. The molecule has 0 unspecified atom stereocenters. The molecule has 1 N–H and O–H groups in total. The summed E-state index contributed by atoms with van der Waals surface area (Å²) >= 11 is 1.76. The first-order valence-electron chi connectivity index (χ1n) is 8.25. The third-order valence-electron chi connectivity index (χ3n) is 4.67. The summed E-state index contributed by atoms with van der Waals surface area (Å²) in [6, 6.07) is 4.16. The molecule has 1 atom stereocenters. The van der Waals surface area contributed by atoms with Gasteiger partial charge in [-0.25, -0.2) is 4.79 Å². The Labute approximate surface area is 147 Å². The van der Waals surface area contributed by atoms with Gasteiger partial charge in [-0.05, 0) is 44.2 Å². The summed E-state index contributed by atoms with van der Waals surface area (Å²) in [6.07, 6.45) is 3.08. The number of nitrogens with zero attached hydrogens (tertiary/aromatic N) is 3. The molecule has 0 bridgehead atoms. The molecular weight excluding hydrogens is 320 g/mol. The van der Waals surface area contributed by atoms with E-state index in [1.165, 1.54) is 10.5 Å². The van der Waals surface area contributed by atoms with Crippen LogP contribution in [-0.4, -0.2) is 33.8 Å². The van der Waals surface area contributed by atoms with Crippen molar-refractivity contribution in [3.63, 3.8) is 0 Å². The van der Waals surface area contributed by atoms with Crippen LogP contribution in [0.25, 0.3) is 5.57 Å². The van der Waals surface area contributed by atoms with Gasteiger partial charge in [-0.15, -0.1) is 11.3 Å². The molecule has 2 aromatic heterocycles. The highest BCUT2D eigenvalue weighted by molar-refractivity contribution is 7.11. The molecule has 0 saturated heterocycles. The lowest BCUT2D eigenvalue weighted by Crippen LogP contribution is -2.43. The maximum atomic E-state index is 12.6. The van der Waals surface area contributed by atoms with Gasteiger partial charge in [0.2, 0.25) is 0 Å². The third-order valence-corrected chi connectivity index (χ3v) is 5.62. The van der Waals surface area contributed by atoms with Gasteiger partial charge in [-0.2, -0.15) is 5.10 Å². The summed E-state index contributed by atoms with van der Waals surface area (Å²) in [7, 11) is 1.93. The van der Waals surface area contributed by atoms with Gasteiger partial charge in [0.1, 0.15) is 0 Å². The molecular formula is C18H24N4OS. The lowest BCUT2D eigenvalue weighted by Gasteiger charge is -2.28. The van der Waals surface area contributed by atoms with Crippen LogP contribution < -0.4 is 5.32 Å². The number of carbonyl (C=O) groups is 1. The number of hydrogen-bond acceptors (Lipinski definition) is 3. The average Bonchev–Trinajstić information content (AvgIpc) is 3.16. The van der Waals surface area contributed by atoms with Crippen LogP contribution >= 0.6 is 11.3 Å². The molecule has 0 fully saturated rings. The number of amides is 2. The minimum Gasteiger partial charge on any atom is -0.331 e. The fourth-order valence-electron chi connectivity index (χ4n) is 3.30. The van der Waals surface area contributed by atoms with E-state index < -0.39 is 0 Å². The minimum absolute atomic E-state index is 0.00775. The average molecular weight is 344 g/mol. The molecule has 0 spiro atoms. The highest BCUT2D eigenvalue weighted by atomic mass is 32.1. The van der Waals surface area contributed by atoms with Gasteiger partial charge in [0.05, 0.1) is 11.7 Å². The Morgan fingerprint density at radius 1 is 1.42 bits per heavy atom. The van der Waals surface area contributed by atoms with Crippen molar-refractivity contribution in [2.45, 2.75) is 33.2 Å². The second kappa shape index (κ2) is 6.81. The quantitative estimate of drug-likeness (QED) is 0.924. The largest absolute Gasteiger partial charge is 0.331 e. The van der Waals surface area contributed by atoms with E-state index in [1.54, 1.807) is 11.3 Å². The van der Waals surface area contributed by atoms with Crippen LogP contribution in [0.15, 0.2) is 23.6 Å². The Kier molecular flexibility index (Phi) is 4.76. The predicted octanol–water partition coefficient (Wildman–Crippen LogP) is 3.66. The Hall–Kier alpha value is -2.08. The van der Waals surface area contributed by atoms with Gasteiger partial charge in [0, 0.05) is 36.3 Å². The fourth-order valence-corrected chi connectivity index (χ4v) is 4.10. The van der Waals surface area contributed by atoms with E-state index in [0.29, 0.717) is 6.54 Å². The number of carbonyl (C=O) groups excluding carboxylic acids is 1. The van der Waals surface area contributed by atoms with Gasteiger partial charge in [-0.3, -0.25) is 4.68 Å². The van der Waals surface area contributed by atoms with Crippen LogP contribution in [0.5, 0.6) is 0 Å². The van der Waals surface area contributed by atoms with Crippen molar-refractivity contribution in [1.29, 1.82) is 0 Å². The Morgan fingerprint density at radius 3 is 2.75 bits per heavy atom. The minimum atomic E-state index is -0.0473. The first-order valence-corrected chi connectivity index (χ1v) is 9.13. The fraction of sp³-hybridized carbons (Fsp3) is 0.444. The molecule has 0 saturated carbocycles. The van der Waals surface area contributed by atoms with Crippen LogP contribution in [0.3, 0.4) is 0 Å².